The predicted octanol–water partition coefficient (Wildman–Crippen LogP) is 0.996. The molecule has 0 radical (unpaired) electrons. The van der Waals surface area contributed by atoms with Crippen LogP contribution in [0.4, 0.5) is 0 Å². The highest BCUT2D eigenvalue weighted by molar-refractivity contribution is 6.32. The lowest BCUT2D eigenvalue weighted by Gasteiger charge is -2.11. The summed E-state index contributed by atoms with van der Waals surface area (Å²) in [5, 5.41) is 9.32. The largest absolute Gasteiger partial charge is 0.480 e. The molecule has 0 bridgehead atoms. The van der Waals surface area contributed by atoms with Crippen LogP contribution in [-0.4, -0.2) is 23.2 Å². The first kappa shape index (κ1) is 11.9. The van der Waals surface area contributed by atoms with E-state index in [2.05, 4.69) is 5.48 Å². The van der Waals surface area contributed by atoms with Crippen LogP contribution in [0.3, 0.4) is 0 Å². The zero-order valence-electron chi connectivity index (χ0n) is 8.76. The minimum Gasteiger partial charge on any atom is -0.480 e. The summed E-state index contributed by atoms with van der Waals surface area (Å²) in [4.78, 5) is 15.8. The molecular weight excluding hydrogens is 244 g/mol. The first-order valence-corrected chi connectivity index (χ1v) is 5.34. The summed E-state index contributed by atoms with van der Waals surface area (Å²) in [7, 11) is 0. The number of nitrogens with one attached hydrogen (secondary N) is 1. The third kappa shape index (κ3) is 2.41. The van der Waals surface area contributed by atoms with Gasteiger partial charge in [-0.15, -0.1) is 0 Å². The van der Waals surface area contributed by atoms with Crippen LogP contribution in [0.1, 0.15) is 5.56 Å². The molecule has 1 aromatic carbocycles. The molecule has 0 fully saturated rings. The van der Waals surface area contributed by atoms with E-state index in [1.807, 2.05) is 12.1 Å². The Bertz CT molecular complexity index is 476. The van der Waals surface area contributed by atoms with Crippen molar-refractivity contribution in [3.63, 3.8) is 0 Å². The van der Waals surface area contributed by atoms with Crippen LogP contribution < -0.4 is 11.2 Å². The van der Waals surface area contributed by atoms with Crippen LogP contribution in [0, 0.1) is 0 Å². The molecule has 5 nitrogen and oxygen atoms in total. The second kappa shape index (κ2) is 4.75. The Hall–Kier alpha value is -1.56. The first-order chi connectivity index (χ1) is 8.09. The smallest absolute Gasteiger partial charge is 0.323 e. The fourth-order valence-electron chi connectivity index (χ4n) is 1.51. The van der Waals surface area contributed by atoms with Gasteiger partial charge in [-0.1, -0.05) is 29.8 Å². The molecule has 90 valence electrons. The van der Waals surface area contributed by atoms with Gasteiger partial charge < -0.3 is 10.8 Å². The van der Waals surface area contributed by atoms with Crippen molar-refractivity contribution in [1.29, 1.82) is 0 Å². The number of carboxylic acid groups (broad SMARTS) is 1. The maximum absolute atomic E-state index is 10.7. The molecule has 4 N–H and O–H groups in total. The lowest BCUT2D eigenvalue weighted by Crippen LogP contribution is -2.41. The Morgan fingerprint density at radius 1 is 1.53 bits per heavy atom. The molecule has 0 saturated carbocycles. The number of hydrogen-bond donors (Lipinski definition) is 3. The van der Waals surface area contributed by atoms with Crippen LogP contribution >= 0.6 is 11.6 Å². The minimum atomic E-state index is -1.12. The van der Waals surface area contributed by atoms with Crippen molar-refractivity contribution in [3.8, 4) is 0 Å². The highest BCUT2D eigenvalue weighted by atomic mass is 35.5. The quantitative estimate of drug-likeness (QED) is 0.749. The van der Waals surface area contributed by atoms with E-state index >= 15 is 0 Å². The summed E-state index contributed by atoms with van der Waals surface area (Å²) in [6, 6.07) is 6.07. The maximum Gasteiger partial charge on any atom is 0.323 e. The second-order valence-electron chi connectivity index (χ2n) is 3.61. The van der Waals surface area contributed by atoms with Gasteiger partial charge in [0, 0.05) is 10.6 Å². The summed E-state index contributed by atoms with van der Waals surface area (Å²) in [6.45, 7) is 0. The standard InChI is InChI=1S/C11H11ClN2O3/c12-7-4-2-1-3-6(7)8-5-9(17-14-8)10(13)11(15)16/h1-5,9-10,14H,13H2,(H,15,16)/t9-,10-/m0/s1. The van der Waals surface area contributed by atoms with Crippen LogP contribution in [-0.2, 0) is 9.63 Å². The topological polar surface area (TPSA) is 84.6 Å². The van der Waals surface area contributed by atoms with E-state index in [9.17, 15) is 4.79 Å². The Labute approximate surface area is 103 Å². The van der Waals surface area contributed by atoms with E-state index in [4.69, 9.17) is 27.3 Å². The summed E-state index contributed by atoms with van der Waals surface area (Å²) < 4.78 is 0. The van der Waals surface area contributed by atoms with Gasteiger partial charge in [0.2, 0.25) is 0 Å². The molecule has 6 heteroatoms. The molecule has 2 atom stereocenters. The zero-order chi connectivity index (χ0) is 12.4. The molecule has 0 spiro atoms. The van der Waals surface area contributed by atoms with Gasteiger partial charge in [-0.3, -0.25) is 15.1 Å². The van der Waals surface area contributed by atoms with E-state index in [0.29, 0.717) is 10.7 Å². The van der Waals surface area contributed by atoms with Crippen molar-refractivity contribution in [2.75, 3.05) is 0 Å². The minimum absolute atomic E-state index is 0.555. The molecular formula is C11H11ClN2O3. The number of halogens is 1. The highest BCUT2D eigenvalue weighted by Gasteiger charge is 2.29. The molecule has 0 amide bonds. The molecule has 1 heterocycles. The summed E-state index contributed by atoms with van der Waals surface area (Å²) >= 11 is 6.01. The number of carbonyl (C=O) groups is 1. The Balaban J connectivity index is 2.23. The molecule has 0 saturated heterocycles. The zero-order valence-corrected chi connectivity index (χ0v) is 9.52. The molecule has 1 aliphatic heterocycles. The van der Waals surface area contributed by atoms with Crippen LogP contribution in [0.2, 0.25) is 5.02 Å². The normalized spacial score (nSPS) is 20.6. The van der Waals surface area contributed by atoms with Crippen molar-refractivity contribution in [3.05, 3.63) is 40.9 Å². The van der Waals surface area contributed by atoms with Crippen molar-refractivity contribution >= 4 is 23.3 Å². The number of benzene rings is 1. The Kier molecular flexibility index (Phi) is 3.33. The van der Waals surface area contributed by atoms with Gasteiger partial charge in [0.15, 0.2) is 0 Å². The molecule has 0 unspecified atom stereocenters. The van der Waals surface area contributed by atoms with Gasteiger partial charge in [-0.25, -0.2) is 0 Å². The third-order valence-corrected chi connectivity index (χ3v) is 2.77. The predicted molar refractivity (Wildman–Crippen MR) is 63.0 cm³/mol. The van der Waals surface area contributed by atoms with E-state index in [1.165, 1.54) is 0 Å². The average molecular weight is 255 g/mol. The van der Waals surface area contributed by atoms with Crippen molar-refractivity contribution in [2.24, 2.45) is 5.73 Å². The molecule has 0 aromatic heterocycles. The lowest BCUT2D eigenvalue weighted by atomic mass is 10.1. The third-order valence-electron chi connectivity index (χ3n) is 2.44. The second-order valence-corrected chi connectivity index (χ2v) is 4.02. The van der Waals surface area contributed by atoms with Crippen LogP contribution in [0.25, 0.3) is 5.70 Å². The van der Waals surface area contributed by atoms with Crippen LogP contribution in [0.15, 0.2) is 30.3 Å². The van der Waals surface area contributed by atoms with E-state index in [0.717, 1.165) is 5.56 Å². The number of hydroxylamine groups is 1. The van der Waals surface area contributed by atoms with Crippen molar-refractivity contribution in [2.45, 2.75) is 12.1 Å². The number of nitrogens with two attached hydrogens (primary N) is 1. The molecule has 2 rings (SSSR count). The Morgan fingerprint density at radius 2 is 2.24 bits per heavy atom. The number of aliphatic carboxylic acids is 1. The number of carboxylic acids is 1. The van der Waals surface area contributed by atoms with Gasteiger partial charge in [0.05, 0.1) is 5.70 Å². The molecule has 1 aromatic rings. The monoisotopic (exact) mass is 254 g/mol. The van der Waals surface area contributed by atoms with Crippen molar-refractivity contribution < 1.29 is 14.7 Å². The van der Waals surface area contributed by atoms with Crippen LogP contribution in [0.5, 0.6) is 0 Å². The van der Waals surface area contributed by atoms with Crippen molar-refractivity contribution in [1.82, 2.24) is 5.48 Å². The Morgan fingerprint density at radius 3 is 2.88 bits per heavy atom. The van der Waals surface area contributed by atoms with Gasteiger partial charge in [-0.2, -0.15) is 0 Å². The number of rotatable bonds is 3. The van der Waals surface area contributed by atoms with Gasteiger partial charge in [0.1, 0.15) is 12.1 Å². The van der Waals surface area contributed by atoms with E-state index < -0.39 is 18.1 Å². The van der Waals surface area contributed by atoms with Gasteiger partial charge in [-0.05, 0) is 12.1 Å². The lowest BCUT2D eigenvalue weighted by molar-refractivity contribution is -0.141. The fraction of sp³-hybridized carbons (Fsp3) is 0.182. The van der Waals surface area contributed by atoms with Gasteiger partial charge in [0.25, 0.3) is 0 Å². The van der Waals surface area contributed by atoms with E-state index in [1.54, 1.807) is 18.2 Å². The van der Waals surface area contributed by atoms with E-state index in [-0.39, 0.29) is 0 Å². The average Bonchev–Trinajstić information content (AvgIpc) is 2.77. The molecule has 17 heavy (non-hydrogen) atoms. The summed E-state index contributed by atoms with van der Waals surface area (Å²) in [6.07, 6.45) is 0.902. The first-order valence-electron chi connectivity index (χ1n) is 4.96. The fourth-order valence-corrected chi connectivity index (χ4v) is 1.74. The summed E-state index contributed by atoms with van der Waals surface area (Å²) in [5.41, 5.74) is 9.46. The SMILES string of the molecule is N[C@H](C(=O)O)[C@@H]1C=C(c2ccccc2Cl)NO1. The molecule has 1 aliphatic rings. The molecule has 0 aliphatic carbocycles. The summed E-state index contributed by atoms with van der Waals surface area (Å²) in [5.74, 6) is -1.12. The maximum atomic E-state index is 10.7. The van der Waals surface area contributed by atoms with Gasteiger partial charge >= 0.3 is 5.97 Å². The number of hydrogen-bond acceptors (Lipinski definition) is 4. The highest BCUT2D eigenvalue weighted by Crippen LogP contribution is 2.25.